The molecule has 3 nitrogen and oxygen atoms in total. The van der Waals surface area contributed by atoms with Crippen LogP contribution in [0.15, 0.2) is 35.4 Å². The summed E-state index contributed by atoms with van der Waals surface area (Å²) in [4.78, 5) is 15.3. The van der Waals surface area contributed by atoms with Crippen LogP contribution in [0.25, 0.3) is 0 Å². The van der Waals surface area contributed by atoms with Crippen molar-refractivity contribution >= 4 is 23.2 Å². The minimum atomic E-state index is -0.416. The average Bonchev–Trinajstić information content (AvgIpc) is 2.25. The molecule has 0 unspecified atom stereocenters. The molecule has 1 heterocycles. The highest BCUT2D eigenvalue weighted by atomic mass is 35.5. The molecular formula is C11H7Cl2FN2O. The van der Waals surface area contributed by atoms with E-state index in [1.54, 1.807) is 0 Å². The van der Waals surface area contributed by atoms with Gasteiger partial charge in [-0.25, -0.2) is 9.37 Å². The maximum atomic E-state index is 12.8. The lowest BCUT2D eigenvalue weighted by atomic mass is 10.2. The lowest BCUT2D eigenvalue weighted by Crippen LogP contribution is -2.20. The first-order chi connectivity index (χ1) is 8.06. The molecule has 1 aromatic heterocycles. The van der Waals surface area contributed by atoms with Gasteiger partial charge in [0.2, 0.25) is 0 Å². The summed E-state index contributed by atoms with van der Waals surface area (Å²) >= 11 is 11.4. The summed E-state index contributed by atoms with van der Waals surface area (Å²) in [7, 11) is 0. The summed E-state index contributed by atoms with van der Waals surface area (Å²) in [6.45, 7) is 0.224. The number of nitrogens with zero attached hydrogens (tertiary/aromatic N) is 2. The zero-order valence-electron chi connectivity index (χ0n) is 8.53. The molecule has 0 saturated carbocycles. The molecule has 0 radical (unpaired) electrons. The van der Waals surface area contributed by atoms with Crippen molar-refractivity contribution in [3.8, 4) is 0 Å². The SMILES string of the molecule is O=c1cc(Cl)ncn1Cc1ccc(F)cc1Cl. The molecular weight excluding hydrogens is 266 g/mol. The van der Waals surface area contributed by atoms with Gasteiger partial charge in [0.05, 0.1) is 12.9 Å². The van der Waals surface area contributed by atoms with Gasteiger partial charge in [0.15, 0.2) is 0 Å². The summed E-state index contributed by atoms with van der Waals surface area (Å²) in [5.41, 5.74) is 0.352. The normalized spacial score (nSPS) is 10.5. The van der Waals surface area contributed by atoms with Crippen molar-refractivity contribution in [1.29, 1.82) is 0 Å². The summed E-state index contributed by atoms with van der Waals surface area (Å²) in [5, 5.41) is 0.406. The second-order valence-electron chi connectivity index (χ2n) is 3.41. The Kier molecular flexibility index (Phi) is 3.45. The lowest BCUT2D eigenvalue weighted by molar-refractivity contribution is 0.626. The molecule has 2 aromatic rings. The van der Waals surface area contributed by atoms with Crippen molar-refractivity contribution in [2.45, 2.75) is 6.54 Å². The van der Waals surface area contributed by atoms with Gasteiger partial charge in [-0.1, -0.05) is 29.3 Å². The molecule has 17 heavy (non-hydrogen) atoms. The molecule has 0 amide bonds. The zero-order valence-corrected chi connectivity index (χ0v) is 10.0. The Morgan fingerprint density at radius 2 is 2.06 bits per heavy atom. The Labute approximate surface area is 106 Å². The fourth-order valence-electron chi connectivity index (χ4n) is 1.36. The van der Waals surface area contributed by atoms with Gasteiger partial charge in [0, 0.05) is 11.1 Å². The molecule has 2 rings (SSSR count). The lowest BCUT2D eigenvalue weighted by Gasteiger charge is -2.06. The van der Waals surface area contributed by atoms with Crippen LogP contribution in [0.2, 0.25) is 10.2 Å². The second kappa shape index (κ2) is 4.85. The van der Waals surface area contributed by atoms with Crippen molar-refractivity contribution in [3.05, 3.63) is 62.5 Å². The molecule has 0 saturated heterocycles. The van der Waals surface area contributed by atoms with Gasteiger partial charge in [-0.2, -0.15) is 0 Å². The summed E-state index contributed by atoms with van der Waals surface area (Å²) in [6.07, 6.45) is 1.32. The first kappa shape index (κ1) is 12.1. The fraction of sp³-hybridized carbons (Fsp3) is 0.0909. The minimum Gasteiger partial charge on any atom is -0.295 e. The second-order valence-corrected chi connectivity index (χ2v) is 4.21. The molecule has 0 atom stereocenters. The van der Waals surface area contributed by atoms with E-state index < -0.39 is 5.82 Å². The summed E-state index contributed by atoms with van der Waals surface area (Å²) in [5.74, 6) is -0.416. The Hall–Kier alpha value is -1.39. The molecule has 0 aliphatic rings. The fourth-order valence-corrected chi connectivity index (χ4v) is 1.72. The quantitative estimate of drug-likeness (QED) is 0.788. The highest BCUT2D eigenvalue weighted by Gasteiger charge is 2.04. The van der Waals surface area contributed by atoms with Gasteiger partial charge in [0.25, 0.3) is 5.56 Å². The van der Waals surface area contributed by atoms with Crippen molar-refractivity contribution < 1.29 is 4.39 Å². The number of halogens is 3. The van der Waals surface area contributed by atoms with Crippen LogP contribution in [-0.4, -0.2) is 9.55 Å². The number of aromatic nitrogens is 2. The van der Waals surface area contributed by atoms with Crippen molar-refractivity contribution in [1.82, 2.24) is 9.55 Å². The van der Waals surface area contributed by atoms with Gasteiger partial charge in [-0.05, 0) is 17.7 Å². The van der Waals surface area contributed by atoms with Crippen molar-refractivity contribution in [3.63, 3.8) is 0 Å². The monoisotopic (exact) mass is 272 g/mol. The zero-order chi connectivity index (χ0) is 12.4. The Bertz CT molecular complexity index is 613. The van der Waals surface area contributed by atoms with E-state index in [0.29, 0.717) is 5.56 Å². The maximum absolute atomic E-state index is 12.8. The van der Waals surface area contributed by atoms with Crippen molar-refractivity contribution in [2.75, 3.05) is 0 Å². The third kappa shape index (κ3) is 2.84. The van der Waals surface area contributed by atoms with Gasteiger partial charge in [0.1, 0.15) is 11.0 Å². The molecule has 0 aliphatic heterocycles. The molecule has 1 aromatic carbocycles. The van der Waals surface area contributed by atoms with E-state index in [0.717, 1.165) is 0 Å². The standard InChI is InChI=1S/C11H7Cl2FN2O/c12-9-3-8(14)2-1-7(9)5-16-6-15-10(13)4-11(16)17/h1-4,6H,5H2. The predicted molar refractivity (Wildman–Crippen MR) is 64.0 cm³/mol. The molecule has 88 valence electrons. The van der Waals surface area contributed by atoms with E-state index in [1.807, 2.05) is 0 Å². The number of hydrogen-bond acceptors (Lipinski definition) is 2. The van der Waals surface area contributed by atoms with Gasteiger partial charge >= 0.3 is 0 Å². The van der Waals surface area contributed by atoms with Gasteiger partial charge < -0.3 is 0 Å². The van der Waals surface area contributed by atoms with E-state index in [9.17, 15) is 9.18 Å². The highest BCUT2D eigenvalue weighted by Crippen LogP contribution is 2.17. The molecule has 0 N–H and O–H groups in total. The number of benzene rings is 1. The van der Waals surface area contributed by atoms with E-state index in [1.165, 1.54) is 35.2 Å². The van der Waals surface area contributed by atoms with E-state index in [4.69, 9.17) is 23.2 Å². The number of hydrogen-bond donors (Lipinski definition) is 0. The molecule has 0 bridgehead atoms. The third-order valence-corrected chi connectivity index (χ3v) is 2.76. The van der Waals surface area contributed by atoms with E-state index in [2.05, 4.69) is 4.98 Å². The van der Waals surface area contributed by atoms with Gasteiger partial charge in [-0.15, -0.1) is 0 Å². The highest BCUT2D eigenvalue weighted by molar-refractivity contribution is 6.31. The third-order valence-electron chi connectivity index (χ3n) is 2.20. The summed E-state index contributed by atoms with van der Waals surface area (Å²) < 4.78 is 14.2. The first-order valence-corrected chi connectivity index (χ1v) is 5.48. The minimum absolute atomic E-state index is 0.136. The van der Waals surface area contributed by atoms with Crippen molar-refractivity contribution in [2.24, 2.45) is 0 Å². The summed E-state index contributed by atoms with van der Waals surface area (Å²) in [6, 6.07) is 5.22. The van der Waals surface area contributed by atoms with Gasteiger partial charge in [-0.3, -0.25) is 9.36 Å². The van der Waals surface area contributed by atoms with Crippen LogP contribution >= 0.6 is 23.2 Å². The molecule has 0 fully saturated rings. The number of rotatable bonds is 2. The maximum Gasteiger partial charge on any atom is 0.255 e. The predicted octanol–water partition coefficient (Wildman–Crippen LogP) is 2.74. The van der Waals surface area contributed by atoms with E-state index in [-0.39, 0.29) is 22.3 Å². The smallest absolute Gasteiger partial charge is 0.255 e. The topological polar surface area (TPSA) is 34.9 Å². The Morgan fingerprint density at radius 1 is 1.29 bits per heavy atom. The molecule has 0 aliphatic carbocycles. The Balaban J connectivity index is 2.35. The van der Waals surface area contributed by atoms with Crippen LogP contribution in [0, 0.1) is 5.82 Å². The largest absolute Gasteiger partial charge is 0.295 e. The Morgan fingerprint density at radius 3 is 2.71 bits per heavy atom. The van der Waals surface area contributed by atoms with Crippen LogP contribution in [-0.2, 0) is 6.54 Å². The first-order valence-electron chi connectivity index (χ1n) is 4.72. The average molecular weight is 273 g/mol. The van der Waals surface area contributed by atoms with Crippen LogP contribution in [0.4, 0.5) is 4.39 Å². The molecule has 0 spiro atoms. The van der Waals surface area contributed by atoms with E-state index >= 15 is 0 Å². The van der Waals surface area contributed by atoms with Crippen LogP contribution in [0.5, 0.6) is 0 Å². The van der Waals surface area contributed by atoms with Crippen LogP contribution in [0.1, 0.15) is 5.56 Å². The van der Waals surface area contributed by atoms with Crippen LogP contribution in [0.3, 0.4) is 0 Å². The van der Waals surface area contributed by atoms with Crippen LogP contribution < -0.4 is 5.56 Å². The molecule has 6 heteroatoms.